The fraction of sp³-hybridized carbons (Fsp3) is 0.100. The minimum absolute atomic E-state index is 0.0401. The Balaban J connectivity index is 1.89. The molecule has 0 bridgehead atoms. The Morgan fingerprint density at radius 2 is 1.76 bits per heavy atom. The van der Waals surface area contributed by atoms with Crippen LogP contribution in [0.2, 0.25) is 0 Å². The van der Waals surface area contributed by atoms with Crippen LogP contribution in [-0.4, -0.2) is 20.3 Å². The van der Waals surface area contributed by atoms with Crippen molar-refractivity contribution in [3.63, 3.8) is 0 Å². The van der Waals surface area contributed by atoms with Gasteiger partial charge in [-0.1, -0.05) is 0 Å². The van der Waals surface area contributed by atoms with Gasteiger partial charge in [0.1, 0.15) is 24.0 Å². The number of alkyl halides is 3. The molecule has 0 unspecified atom stereocenters. The Bertz CT molecular complexity index is 1200. The highest BCUT2D eigenvalue weighted by molar-refractivity contribution is 7.39. The average Bonchev–Trinajstić information content (AvgIpc) is 2.74. The van der Waals surface area contributed by atoms with E-state index in [4.69, 9.17) is 14.5 Å². The van der Waals surface area contributed by atoms with Crippen LogP contribution >= 0.6 is 8.60 Å². The number of ether oxygens (including phenoxy) is 1. The maximum Gasteiger partial charge on any atom is 0.416 e. The van der Waals surface area contributed by atoms with Gasteiger partial charge in [-0.3, -0.25) is 18.7 Å². The Hall–Kier alpha value is -3.31. The van der Waals surface area contributed by atoms with Gasteiger partial charge < -0.3 is 19.8 Å². The van der Waals surface area contributed by atoms with E-state index in [2.05, 4.69) is 9.84 Å². The highest BCUT2D eigenvalue weighted by atomic mass is 31.2. The van der Waals surface area contributed by atoms with Gasteiger partial charge in [-0.05, 0) is 48.5 Å². The zero-order valence-corrected chi connectivity index (χ0v) is 17.3. The van der Waals surface area contributed by atoms with E-state index in [1.165, 1.54) is 24.4 Å². The van der Waals surface area contributed by atoms with Crippen LogP contribution in [-0.2, 0) is 17.4 Å². The van der Waals surface area contributed by atoms with E-state index in [9.17, 15) is 27.2 Å². The monoisotopic (exact) mass is 486 g/mol. The zero-order chi connectivity index (χ0) is 24.2. The second-order valence-electron chi connectivity index (χ2n) is 6.45. The largest absolute Gasteiger partial charge is 0.457 e. The number of nitrogens with zero attached hydrogens (tertiary/aromatic N) is 1. The average molecular weight is 486 g/mol. The summed E-state index contributed by atoms with van der Waals surface area (Å²) in [7, 11) is -2.68. The maximum absolute atomic E-state index is 13.2. The first-order valence-electron chi connectivity index (χ1n) is 9.00. The van der Waals surface area contributed by atoms with Crippen LogP contribution in [0.5, 0.6) is 11.5 Å². The second kappa shape index (κ2) is 10.1. The fourth-order valence-electron chi connectivity index (χ4n) is 2.61. The lowest BCUT2D eigenvalue weighted by Gasteiger charge is -2.15. The Morgan fingerprint density at radius 1 is 1.06 bits per heavy atom. The number of carbonyl (C=O) groups is 1. The minimum atomic E-state index is -4.73. The lowest BCUT2D eigenvalue weighted by atomic mass is 10.1. The van der Waals surface area contributed by atoms with Gasteiger partial charge in [0.25, 0.3) is 11.5 Å². The lowest BCUT2D eigenvalue weighted by molar-refractivity contribution is -0.137. The third kappa shape index (κ3) is 6.59. The fourth-order valence-corrected chi connectivity index (χ4v) is 2.83. The minimum Gasteiger partial charge on any atom is -0.457 e. The molecule has 3 aromatic rings. The number of hydrogen-bond donors (Lipinski definition) is 3. The number of anilines is 1. The van der Waals surface area contributed by atoms with Gasteiger partial charge in [-0.2, -0.15) is 13.2 Å². The molecule has 0 aliphatic carbocycles. The summed E-state index contributed by atoms with van der Waals surface area (Å²) in [6.45, 7) is -0.463. The third-order valence-corrected chi connectivity index (χ3v) is 4.51. The van der Waals surface area contributed by atoms with Crippen molar-refractivity contribution in [2.45, 2.75) is 12.9 Å². The zero-order valence-electron chi connectivity index (χ0n) is 16.4. The van der Waals surface area contributed by atoms with Crippen molar-refractivity contribution in [2.75, 3.05) is 5.32 Å². The summed E-state index contributed by atoms with van der Waals surface area (Å²) in [5.74, 6) is -1.70. The number of amides is 1. The van der Waals surface area contributed by atoms with E-state index >= 15 is 0 Å². The second-order valence-corrected chi connectivity index (χ2v) is 7.22. The normalized spacial score (nSPS) is 11.5. The molecule has 174 valence electrons. The van der Waals surface area contributed by atoms with E-state index in [-0.39, 0.29) is 17.2 Å². The van der Waals surface area contributed by atoms with Crippen molar-refractivity contribution in [3.05, 3.63) is 88.1 Å². The molecule has 0 fully saturated rings. The van der Waals surface area contributed by atoms with Crippen LogP contribution in [0.3, 0.4) is 0 Å². The molecule has 0 atom stereocenters. The molecule has 0 spiro atoms. The first kappa shape index (κ1) is 24.3. The van der Waals surface area contributed by atoms with E-state index in [0.717, 1.165) is 34.9 Å². The highest BCUT2D eigenvalue weighted by Crippen LogP contribution is 2.34. The number of rotatable bonds is 7. The highest BCUT2D eigenvalue weighted by Gasteiger charge is 2.32. The molecule has 1 aromatic heterocycles. The summed E-state index contributed by atoms with van der Waals surface area (Å²) < 4.78 is 63.6. The van der Waals surface area contributed by atoms with Gasteiger partial charge in [0.05, 0.1) is 11.1 Å². The number of aromatic nitrogens is 1. The Labute approximate surface area is 184 Å². The molecular weight excluding hydrogens is 471 g/mol. The van der Waals surface area contributed by atoms with Gasteiger partial charge in [-0.25, -0.2) is 4.39 Å². The summed E-state index contributed by atoms with van der Waals surface area (Å²) in [4.78, 5) is 42.3. The first-order chi connectivity index (χ1) is 15.5. The maximum atomic E-state index is 13.2. The molecule has 0 saturated carbocycles. The number of carbonyl (C=O) groups excluding carboxylic acids is 1. The molecule has 2 aromatic carbocycles. The number of hydrogen-bond acceptors (Lipinski definition) is 6. The van der Waals surface area contributed by atoms with Gasteiger partial charge in [0.15, 0.2) is 0 Å². The standard InChI is InChI=1S/C20H15F4N2O6P/c21-13-2-4-15(5-3-13)32-17-6-1-12(20(22,23)24)9-16(17)19(28)25-14-7-8-26(18(27)10-14)11-31-33(29)30/h1-10,29-30H,11H2,(H,25,28). The van der Waals surface area contributed by atoms with E-state index < -0.39 is 49.9 Å². The van der Waals surface area contributed by atoms with Gasteiger partial charge in [0.2, 0.25) is 0 Å². The summed E-state index contributed by atoms with van der Waals surface area (Å²) >= 11 is 0. The molecule has 8 nitrogen and oxygen atoms in total. The molecule has 1 heterocycles. The number of benzene rings is 2. The van der Waals surface area contributed by atoms with Crippen molar-refractivity contribution >= 4 is 20.2 Å². The van der Waals surface area contributed by atoms with E-state index in [1.807, 2.05) is 0 Å². The number of pyridine rings is 1. The Kier molecular flexibility index (Phi) is 7.44. The topological polar surface area (TPSA) is 110 Å². The molecule has 0 radical (unpaired) electrons. The third-order valence-electron chi connectivity index (χ3n) is 4.16. The molecule has 3 rings (SSSR count). The Morgan fingerprint density at radius 3 is 2.36 bits per heavy atom. The van der Waals surface area contributed by atoms with Gasteiger partial charge >= 0.3 is 14.8 Å². The van der Waals surface area contributed by atoms with E-state index in [1.54, 1.807) is 0 Å². The van der Waals surface area contributed by atoms with Crippen molar-refractivity contribution in [1.82, 2.24) is 4.57 Å². The summed E-state index contributed by atoms with van der Waals surface area (Å²) in [6.07, 6.45) is -3.55. The van der Waals surface area contributed by atoms with Gasteiger partial charge in [-0.15, -0.1) is 0 Å². The predicted molar refractivity (Wildman–Crippen MR) is 109 cm³/mol. The van der Waals surface area contributed by atoms with Crippen LogP contribution in [0.1, 0.15) is 15.9 Å². The summed E-state index contributed by atoms with van der Waals surface area (Å²) in [5.41, 5.74) is -2.30. The molecule has 0 saturated heterocycles. The predicted octanol–water partition coefficient (Wildman–Crippen LogP) is 4.24. The van der Waals surface area contributed by atoms with Gasteiger partial charge in [0, 0.05) is 18.0 Å². The first-order valence-corrected chi connectivity index (χ1v) is 10.2. The molecule has 33 heavy (non-hydrogen) atoms. The van der Waals surface area contributed by atoms with Crippen LogP contribution in [0.15, 0.2) is 65.6 Å². The number of halogens is 4. The molecule has 13 heteroatoms. The van der Waals surface area contributed by atoms with Crippen molar-refractivity contribution in [1.29, 1.82) is 0 Å². The SMILES string of the molecule is O=C(Nc1ccn(COP(O)O)c(=O)c1)c1cc(C(F)(F)F)ccc1Oc1ccc(F)cc1. The van der Waals surface area contributed by atoms with Crippen molar-refractivity contribution in [2.24, 2.45) is 0 Å². The molecule has 1 amide bonds. The quantitative estimate of drug-likeness (QED) is 0.341. The molecular formula is C20H15F4N2O6P. The van der Waals surface area contributed by atoms with Crippen molar-refractivity contribution in [3.8, 4) is 11.5 Å². The van der Waals surface area contributed by atoms with Crippen LogP contribution < -0.4 is 15.6 Å². The van der Waals surface area contributed by atoms with Crippen LogP contribution in [0.4, 0.5) is 23.2 Å². The molecule has 3 N–H and O–H groups in total. The van der Waals surface area contributed by atoms with Crippen LogP contribution in [0, 0.1) is 5.82 Å². The smallest absolute Gasteiger partial charge is 0.416 e. The molecule has 0 aliphatic rings. The van der Waals surface area contributed by atoms with Crippen molar-refractivity contribution < 1.29 is 41.4 Å². The summed E-state index contributed by atoms with van der Waals surface area (Å²) in [5, 5.41) is 2.31. The van der Waals surface area contributed by atoms with E-state index in [0.29, 0.717) is 6.07 Å². The number of nitrogens with one attached hydrogen (secondary N) is 1. The lowest BCUT2D eigenvalue weighted by Crippen LogP contribution is -2.21. The molecule has 0 aliphatic heterocycles. The summed E-state index contributed by atoms with van der Waals surface area (Å²) in [6, 6.07) is 9.13. The van der Waals surface area contributed by atoms with Crippen LogP contribution in [0.25, 0.3) is 0 Å².